The second kappa shape index (κ2) is 9.29. The van der Waals surface area contributed by atoms with Gasteiger partial charge >= 0.3 is 0 Å². The molecule has 0 unspecified atom stereocenters. The second-order valence-corrected chi connectivity index (χ2v) is 8.83. The molecule has 5 rings (SSSR count). The predicted molar refractivity (Wildman–Crippen MR) is 125 cm³/mol. The number of hydrogen-bond acceptors (Lipinski definition) is 7. The number of hydrogen-bond donors (Lipinski definition) is 1. The van der Waals surface area contributed by atoms with Crippen LogP contribution in [-0.4, -0.2) is 76.7 Å². The van der Waals surface area contributed by atoms with Crippen LogP contribution in [0.1, 0.15) is 43.0 Å². The van der Waals surface area contributed by atoms with E-state index in [1.165, 1.54) is 0 Å². The maximum atomic E-state index is 13.0. The largest absolute Gasteiger partial charge is 0.378 e. The number of amides is 1. The normalized spacial score (nSPS) is 24.4. The maximum Gasteiger partial charge on any atom is 0.227 e. The van der Waals surface area contributed by atoms with E-state index in [-0.39, 0.29) is 11.8 Å². The van der Waals surface area contributed by atoms with Gasteiger partial charge in [0.1, 0.15) is 5.69 Å². The molecule has 1 aliphatic carbocycles. The Labute approximate surface area is 193 Å². The number of aliphatic imine (C=N–C) groups is 2. The number of carbonyl (C=O) groups is 1. The Kier molecular flexibility index (Phi) is 6.07. The fourth-order valence-corrected chi connectivity index (χ4v) is 4.42. The van der Waals surface area contributed by atoms with Gasteiger partial charge in [-0.15, -0.1) is 0 Å². The van der Waals surface area contributed by atoms with Gasteiger partial charge in [-0.3, -0.25) is 9.78 Å². The number of likely N-dealkylation sites (tertiary alicyclic amines) is 1. The van der Waals surface area contributed by atoms with Gasteiger partial charge in [0.25, 0.3) is 0 Å². The molecule has 4 aliphatic rings. The lowest BCUT2D eigenvalue weighted by Gasteiger charge is -2.36. The minimum Gasteiger partial charge on any atom is -0.378 e. The molecule has 0 aromatic carbocycles. The van der Waals surface area contributed by atoms with E-state index in [0.29, 0.717) is 67.6 Å². The van der Waals surface area contributed by atoms with Crippen LogP contribution in [0.4, 0.5) is 0 Å². The lowest BCUT2D eigenvalue weighted by molar-refractivity contribution is -0.141. The van der Waals surface area contributed by atoms with Crippen LogP contribution >= 0.6 is 0 Å². The van der Waals surface area contributed by atoms with E-state index in [4.69, 9.17) is 14.7 Å². The molecular formula is C24H29N7O2. The number of rotatable bonds is 5. The molecule has 1 aromatic rings. The highest BCUT2D eigenvalue weighted by atomic mass is 16.5. The van der Waals surface area contributed by atoms with Crippen LogP contribution in [0.5, 0.6) is 0 Å². The number of nitrogens with one attached hydrogen (secondary N) is 1. The number of nitrogens with zero attached hydrogens (tertiary/aromatic N) is 6. The Morgan fingerprint density at radius 3 is 2.76 bits per heavy atom. The molecule has 1 saturated carbocycles. The van der Waals surface area contributed by atoms with Crippen molar-refractivity contribution < 1.29 is 9.53 Å². The van der Waals surface area contributed by atoms with Crippen molar-refractivity contribution in [2.75, 3.05) is 39.4 Å². The van der Waals surface area contributed by atoms with E-state index < -0.39 is 0 Å². The van der Waals surface area contributed by atoms with Crippen LogP contribution < -0.4 is 5.32 Å². The molecule has 1 atom stereocenters. The van der Waals surface area contributed by atoms with Crippen molar-refractivity contribution in [1.82, 2.24) is 25.1 Å². The highest BCUT2D eigenvalue weighted by Crippen LogP contribution is 2.38. The lowest BCUT2D eigenvalue weighted by Crippen LogP contribution is -2.48. The van der Waals surface area contributed by atoms with Gasteiger partial charge in [0, 0.05) is 38.3 Å². The molecule has 9 nitrogen and oxygen atoms in total. The summed E-state index contributed by atoms with van der Waals surface area (Å²) in [6.07, 6.45) is 7.63. The van der Waals surface area contributed by atoms with Crippen molar-refractivity contribution >= 4 is 17.6 Å². The fraction of sp³-hybridized carbons (Fsp3) is 0.500. The van der Waals surface area contributed by atoms with Gasteiger partial charge < -0.3 is 19.9 Å². The Bertz CT molecular complexity index is 1060. The molecule has 9 heteroatoms. The molecule has 0 radical (unpaired) electrons. The van der Waals surface area contributed by atoms with Gasteiger partial charge in [0.05, 0.1) is 36.7 Å². The second-order valence-electron chi connectivity index (χ2n) is 8.83. The number of amidine groups is 2. The van der Waals surface area contributed by atoms with Gasteiger partial charge in [-0.1, -0.05) is 18.9 Å². The third kappa shape index (κ3) is 4.74. The lowest BCUT2D eigenvalue weighted by atomic mass is 9.96. The molecule has 3 aliphatic heterocycles. The maximum absolute atomic E-state index is 13.0. The molecule has 1 amide bonds. The molecule has 2 saturated heterocycles. The molecule has 4 heterocycles. The highest BCUT2D eigenvalue weighted by molar-refractivity contribution is 6.18. The Morgan fingerprint density at radius 1 is 1.18 bits per heavy atom. The monoisotopic (exact) mass is 447 g/mol. The van der Waals surface area contributed by atoms with Crippen molar-refractivity contribution in [2.24, 2.45) is 15.9 Å². The number of aromatic nitrogens is 2. The van der Waals surface area contributed by atoms with E-state index in [9.17, 15) is 4.79 Å². The number of morpholine rings is 1. The first kappa shape index (κ1) is 21.6. The summed E-state index contributed by atoms with van der Waals surface area (Å²) in [5, 5.41) is 3.18. The molecule has 172 valence electrons. The summed E-state index contributed by atoms with van der Waals surface area (Å²) < 4.78 is 5.38. The predicted octanol–water partition coefficient (Wildman–Crippen LogP) is 1.81. The van der Waals surface area contributed by atoms with Crippen molar-refractivity contribution in [3.8, 4) is 0 Å². The van der Waals surface area contributed by atoms with Crippen molar-refractivity contribution in [3.05, 3.63) is 54.2 Å². The van der Waals surface area contributed by atoms with E-state index in [0.717, 1.165) is 37.9 Å². The third-order valence-corrected chi connectivity index (χ3v) is 6.41. The quantitative estimate of drug-likeness (QED) is 0.692. The first-order chi connectivity index (χ1) is 16.1. The number of ether oxygens (including phenoxy) is 1. The van der Waals surface area contributed by atoms with E-state index in [1.54, 1.807) is 6.20 Å². The molecule has 1 N–H and O–H groups in total. The molecule has 33 heavy (non-hydrogen) atoms. The van der Waals surface area contributed by atoms with Gasteiger partial charge in [-0.2, -0.15) is 0 Å². The molecule has 1 aromatic heterocycles. The fourth-order valence-electron chi connectivity index (χ4n) is 4.42. The highest BCUT2D eigenvalue weighted by Gasteiger charge is 2.31. The van der Waals surface area contributed by atoms with Crippen molar-refractivity contribution in [1.29, 1.82) is 0 Å². The minimum absolute atomic E-state index is 0.0650. The molecular weight excluding hydrogens is 418 g/mol. The molecule has 0 spiro atoms. The average molecular weight is 448 g/mol. The van der Waals surface area contributed by atoms with Crippen molar-refractivity contribution in [3.63, 3.8) is 0 Å². The first-order valence-electron chi connectivity index (χ1n) is 11.6. The van der Waals surface area contributed by atoms with Crippen LogP contribution in [0, 0.1) is 5.92 Å². The third-order valence-electron chi connectivity index (χ3n) is 6.41. The van der Waals surface area contributed by atoms with Gasteiger partial charge in [-0.25, -0.2) is 15.0 Å². The van der Waals surface area contributed by atoms with Gasteiger partial charge in [0.2, 0.25) is 5.91 Å². The van der Waals surface area contributed by atoms with E-state index in [2.05, 4.69) is 39.1 Å². The van der Waals surface area contributed by atoms with E-state index >= 15 is 0 Å². The number of carbonyl (C=O) groups excluding carboxylic acids is 1. The summed E-state index contributed by atoms with van der Waals surface area (Å²) in [5.74, 6) is 2.28. The number of piperidine rings is 1. The van der Waals surface area contributed by atoms with Crippen LogP contribution in [0.15, 0.2) is 52.8 Å². The Balaban J connectivity index is 1.31. The van der Waals surface area contributed by atoms with Crippen molar-refractivity contribution in [2.45, 2.75) is 31.6 Å². The zero-order valence-corrected chi connectivity index (χ0v) is 18.8. The van der Waals surface area contributed by atoms with E-state index in [1.807, 2.05) is 11.1 Å². The summed E-state index contributed by atoms with van der Waals surface area (Å²) in [6, 6.07) is 0. The topological polar surface area (TPSA) is 95.3 Å². The first-order valence-corrected chi connectivity index (χ1v) is 11.6. The Morgan fingerprint density at radius 2 is 2.00 bits per heavy atom. The van der Waals surface area contributed by atoms with Crippen LogP contribution in [0.25, 0.3) is 0 Å². The van der Waals surface area contributed by atoms with Gasteiger partial charge in [0.15, 0.2) is 17.5 Å². The minimum atomic E-state index is -0.0650. The standard InChI is InChI=1S/C24H29N7O2/c1-3-21(31-8-4-5-18(15-31)24(32)30-9-11-33-12-10-30)28-22-16(2)26-23(29-22)20-14-25-13-19(27-20)17-6-7-17/h13-14,17-18H,1-2,4-12,15H2,(H,26,28,29)/t18-/m1/s1. The zero-order valence-electron chi connectivity index (χ0n) is 18.8. The average Bonchev–Trinajstić information content (AvgIpc) is 3.66. The Hall–Kier alpha value is -3.29. The van der Waals surface area contributed by atoms with Crippen LogP contribution in [-0.2, 0) is 9.53 Å². The molecule has 3 fully saturated rings. The summed E-state index contributed by atoms with van der Waals surface area (Å²) in [7, 11) is 0. The SMILES string of the molecule is C=C=C(N=C1N=C(c2cncc(C3CC3)n2)NC1=C)N1CCC[C@@H](C(=O)N2CCOCC2)C1. The molecule has 0 bridgehead atoms. The van der Waals surface area contributed by atoms with Crippen LogP contribution in [0.3, 0.4) is 0 Å². The smallest absolute Gasteiger partial charge is 0.227 e. The summed E-state index contributed by atoms with van der Waals surface area (Å²) in [4.78, 5) is 35.3. The summed E-state index contributed by atoms with van der Waals surface area (Å²) in [5.41, 5.74) is 5.22. The van der Waals surface area contributed by atoms with Gasteiger partial charge in [-0.05, 0) is 25.7 Å². The van der Waals surface area contributed by atoms with Crippen LogP contribution in [0.2, 0.25) is 0 Å². The summed E-state index contributed by atoms with van der Waals surface area (Å²) in [6.45, 7) is 11.8. The summed E-state index contributed by atoms with van der Waals surface area (Å²) >= 11 is 0. The zero-order chi connectivity index (χ0) is 22.8.